The molecule has 0 aliphatic carbocycles. The molecule has 6 atom stereocenters. The lowest BCUT2D eigenvalue weighted by Gasteiger charge is -2.38. The molecular weight excluding hydrogens is 448 g/mol. The molecule has 4 heterocycles. The Labute approximate surface area is 205 Å². The Balaban J connectivity index is 1.59. The summed E-state index contributed by atoms with van der Waals surface area (Å²) in [6.07, 6.45) is 8.73. The van der Waals surface area contributed by atoms with Gasteiger partial charge in [0.2, 0.25) is 11.8 Å². The van der Waals surface area contributed by atoms with Gasteiger partial charge in [0.25, 0.3) is 0 Å². The Morgan fingerprint density at radius 2 is 1.94 bits per heavy atom. The average molecular weight is 481 g/mol. The first-order valence-corrected chi connectivity index (χ1v) is 12.5. The van der Waals surface area contributed by atoms with Crippen LogP contribution >= 0.6 is 0 Å². The van der Waals surface area contributed by atoms with E-state index >= 15 is 0 Å². The third-order valence-corrected chi connectivity index (χ3v) is 7.66. The van der Waals surface area contributed by atoms with Gasteiger partial charge in [0, 0.05) is 13.1 Å². The lowest BCUT2D eigenvalue weighted by atomic mass is 9.78. The Morgan fingerprint density at radius 3 is 2.69 bits per heavy atom. The largest absolute Gasteiger partial charge is 0.465 e. The van der Waals surface area contributed by atoms with E-state index in [9.17, 15) is 19.5 Å². The zero-order valence-corrected chi connectivity index (χ0v) is 19.9. The SMILES string of the molecule is CC[C@@H](CO)N1C(=O)[C@@H]2[C@H]3C(=O)OCCC/C=C\[C@H]3O[C@@]23C=CCN(Cc2ccccc2)C(=O)C13. The summed E-state index contributed by atoms with van der Waals surface area (Å²) >= 11 is 0. The second kappa shape index (κ2) is 9.59. The number of ether oxygens (including phenoxy) is 2. The maximum atomic E-state index is 14.1. The second-order valence-electron chi connectivity index (χ2n) is 9.68. The van der Waals surface area contributed by atoms with Crippen molar-refractivity contribution in [3.05, 3.63) is 60.2 Å². The van der Waals surface area contributed by atoms with Crippen molar-refractivity contribution in [1.29, 1.82) is 0 Å². The van der Waals surface area contributed by atoms with Gasteiger partial charge in [-0.15, -0.1) is 0 Å². The molecule has 186 valence electrons. The number of esters is 1. The van der Waals surface area contributed by atoms with Crippen LogP contribution in [0.2, 0.25) is 0 Å². The lowest BCUT2D eigenvalue weighted by Crippen LogP contribution is -2.57. The molecule has 35 heavy (non-hydrogen) atoms. The van der Waals surface area contributed by atoms with E-state index in [0.717, 1.165) is 12.0 Å². The molecule has 8 heteroatoms. The van der Waals surface area contributed by atoms with E-state index in [0.29, 0.717) is 25.9 Å². The summed E-state index contributed by atoms with van der Waals surface area (Å²) in [5, 5.41) is 10.1. The highest BCUT2D eigenvalue weighted by molar-refractivity contribution is 5.99. The molecule has 4 aliphatic heterocycles. The number of fused-ring (bicyclic) bond motifs is 2. The standard InChI is InChI=1S/C27H32N2O6/c1-2-19(17-30)29-23-25(32)28(16-18-10-5-3-6-11-18)14-9-13-27(23)22(24(29)31)21-20(35-27)12-7-4-8-15-34-26(21)33/h3,5-7,9-13,19-23,30H,2,4,8,14-17H2,1H3/b12-7-/t19-,20+,21-,22-,23?,27-/m0/s1. The fraction of sp³-hybridized carbons (Fsp3) is 0.519. The molecule has 2 fully saturated rings. The molecule has 8 nitrogen and oxygen atoms in total. The van der Waals surface area contributed by atoms with E-state index in [4.69, 9.17) is 9.47 Å². The topological polar surface area (TPSA) is 96.4 Å². The summed E-state index contributed by atoms with van der Waals surface area (Å²) in [6, 6.07) is 8.14. The van der Waals surface area contributed by atoms with Crippen molar-refractivity contribution in [3.63, 3.8) is 0 Å². The van der Waals surface area contributed by atoms with E-state index in [1.165, 1.54) is 4.90 Å². The van der Waals surface area contributed by atoms with Crippen molar-refractivity contribution in [2.75, 3.05) is 19.8 Å². The van der Waals surface area contributed by atoms with E-state index in [-0.39, 0.29) is 25.0 Å². The monoisotopic (exact) mass is 480 g/mol. The molecule has 4 aliphatic rings. The summed E-state index contributed by atoms with van der Waals surface area (Å²) in [5.41, 5.74) is -0.330. The normalized spacial score (nSPS) is 34.2. The highest BCUT2D eigenvalue weighted by Crippen LogP contribution is 2.53. The first-order valence-electron chi connectivity index (χ1n) is 12.5. The smallest absolute Gasteiger partial charge is 0.312 e. The van der Waals surface area contributed by atoms with E-state index in [1.54, 1.807) is 4.90 Å². The molecule has 1 aromatic carbocycles. The van der Waals surface area contributed by atoms with Crippen molar-refractivity contribution in [2.24, 2.45) is 11.8 Å². The molecule has 1 N–H and O–H groups in total. The lowest BCUT2D eigenvalue weighted by molar-refractivity contribution is -0.156. The summed E-state index contributed by atoms with van der Waals surface area (Å²) in [6.45, 7) is 2.61. The fourth-order valence-electron chi connectivity index (χ4n) is 5.99. The molecule has 1 aromatic rings. The third-order valence-electron chi connectivity index (χ3n) is 7.66. The molecule has 0 bridgehead atoms. The zero-order valence-electron chi connectivity index (χ0n) is 19.9. The van der Waals surface area contributed by atoms with Gasteiger partial charge in [-0.1, -0.05) is 61.6 Å². The summed E-state index contributed by atoms with van der Waals surface area (Å²) in [5.74, 6) is -2.80. The molecule has 1 spiro atoms. The average Bonchev–Trinajstić information content (AvgIpc) is 3.28. The van der Waals surface area contributed by atoms with Crippen LogP contribution in [-0.2, 0) is 30.4 Å². The number of cyclic esters (lactones) is 1. The molecule has 5 rings (SSSR count). The van der Waals surface area contributed by atoms with Gasteiger partial charge in [-0.2, -0.15) is 0 Å². The Morgan fingerprint density at radius 1 is 1.14 bits per heavy atom. The second-order valence-corrected chi connectivity index (χ2v) is 9.68. The van der Waals surface area contributed by atoms with E-state index < -0.39 is 41.6 Å². The predicted molar refractivity (Wildman–Crippen MR) is 127 cm³/mol. The fourth-order valence-corrected chi connectivity index (χ4v) is 5.99. The van der Waals surface area contributed by atoms with Gasteiger partial charge in [-0.25, -0.2) is 0 Å². The maximum absolute atomic E-state index is 14.1. The Hall–Kier alpha value is -2.97. The van der Waals surface area contributed by atoms with E-state index in [1.807, 2.05) is 61.6 Å². The third kappa shape index (κ3) is 3.89. The van der Waals surface area contributed by atoms with E-state index in [2.05, 4.69) is 0 Å². The highest BCUT2D eigenvalue weighted by Gasteiger charge is 2.72. The van der Waals surface area contributed by atoms with Gasteiger partial charge in [-0.3, -0.25) is 14.4 Å². The molecule has 2 saturated heterocycles. The minimum Gasteiger partial charge on any atom is -0.465 e. The number of rotatable bonds is 5. The van der Waals surface area contributed by atoms with Crippen LogP contribution in [-0.4, -0.2) is 76.2 Å². The van der Waals surface area contributed by atoms with Crippen LogP contribution in [0.4, 0.5) is 0 Å². The minimum atomic E-state index is -1.31. The predicted octanol–water partition coefficient (Wildman–Crippen LogP) is 1.83. The number of likely N-dealkylation sites (tertiary alicyclic amines) is 1. The molecule has 0 aromatic heterocycles. The number of aliphatic hydroxyl groups excluding tert-OH is 1. The van der Waals surface area contributed by atoms with Gasteiger partial charge in [0.15, 0.2) is 0 Å². The van der Waals surface area contributed by atoms with Crippen LogP contribution in [0, 0.1) is 11.8 Å². The number of carbonyl (C=O) groups is 3. The van der Waals surface area contributed by atoms with Gasteiger partial charge in [0.05, 0.1) is 31.3 Å². The van der Waals surface area contributed by atoms with Crippen LogP contribution < -0.4 is 0 Å². The van der Waals surface area contributed by atoms with Crippen molar-refractivity contribution in [2.45, 2.75) is 56.5 Å². The van der Waals surface area contributed by atoms with Crippen molar-refractivity contribution >= 4 is 17.8 Å². The number of amides is 2. The molecule has 1 unspecified atom stereocenters. The van der Waals surface area contributed by atoms with Crippen molar-refractivity contribution in [1.82, 2.24) is 9.80 Å². The molecule has 0 saturated carbocycles. The number of hydrogen-bond donors (Lipinski definition) is 1. The van der Waals surface area contributed by atoms with Crippen molar-refractivity contribution in [3.8, 4) is 0 Å². The molecule has 2 amide bonds. The van der Waals surface area contributed by atoms with Crippen molar-refractivity contribution < 1.29 is 29.0 Å². The van der Waals surface area contributed by atoms with Gasteiger partial charge in [0.1, 0.15) is 17.6 Å². The summed E-state index contributed by atoms with van der Waals surface area (Å²) < 4.78 is 12.1. The number of aliphatic hydroxyl groups is 1. The van der Waals surface area contributed by atoms with Gasteiger partial charge in [-0.05, 0) is 24.8 Å². The maximum Gasteiger partial charge on any atom is 0.312 e. The number of allylic oxidation sites excluding steroid dienone is 1. The number of hydrogen-bond acceptors (Lipinski definition) is 6. The first kappa shape index (κ1) is 23.8. The van der Waals surface area contributed by atoms with Crippen LogP contribution in [0.1, 0.15) is 31.7 Å². The molecule has 0 radical (unpaired) electrons. The van der Waals surface area contributed by atoms with Crippen LogP contribution in [0.3, 0.4) is 0 Å². The quantitative estimate of drug-likeness (QED) is 0.510. The zero-order chi connectivity index (χ0) is 24.6. The summed E-state index contributed by atoms with van der Waals surface area (Å²) in [4.78, 5) is 44.5. The minimum absolute atomic E-state index is 0.245. The van der Waals surface area contributed by atoms with Gasteiger partial charge >= 0.3 is 5.97 Å². The number of nitrogens with zero attached hydrogens (tertiary/aromatic N) is 2. The number of benzene rings is 1. The Kier molecular flexibility index (Phi) is 6.51. The van der Waals surface area contributed by atoms with Crippen LogP contribution in [0.5, 0.6) is 0 Å². The number of carbonyl (C=O) groups excluding carboxylic acids is 3. The van der Waals surface area contributed by atoms with Crippen LogP contribution in [0.25, 0.3) is 0 Å². The summed E-state index contributed by atoms with van der Waals surface area (Å²) in [7, 11) is 0. The van der Waals surface area contributed by atoms with Crippen LogP contribution in [0.15, 0.2) is 54.6 Å². The van der Waals surface area contributed by atoms with Gasteiger partial charge < -0.3 is 24.4 Å². The first-order chi connectivity index (χ1) is 17.0. The molecular formula is C27H32N2O6. The Bertz CT molecular complexity index is 1040. The highest BCUT2D eigenvalue weighted by atomic mass is 16.6.